The van der Waals surface area contributed by atoms with Crippen molar-refractivity contribution in [1.29, 1.82) is 0 Å². The molecule has 9 heteroatoms. The van der Waals surface area contributed by atoms with Crippen LogP contribution < -0.4 is 0 Å². The lowest BCUT2D eigenvalue weighted by Crippen LogP contribution is -2.40. The molecule has 1 atom stereocenters. The van der Waals surface area contributed by atoms with E-state index in [0.29, 0.717) is 43.2 Å². The van der Waals surface area contributed by atoms with E-state index in [2.05, 4.69) is 10.1 Å². The average molecular weight is 436 g/mol. The number of piperidine rings is 1. The summed E-state index contributed by atoms with van der Waals surface area (Å²) in [4.78, 5) is 18.8. The molecule has 7 nitrogen and oxygen atoms in total. The Hall–Kier alpha value is -2.29. The fourth-order valence-electron chi connectivity index (χ4n) is 4.35. The van der Waals surface area contributed by atoms with Gasteiger partial charge in [0.25, 0.3) is 0 Å². The maximum absolute atomic E-state index is 13.4. The fourth-order valence-corrected chi connectivity index (χ4v) is 6.20. The molecule has 1 saturated carbocycles. The SMILES string of the molecule is O=C(CCS(=O)(=O)C1CCCC1)N1CCCC(c2nc(-c3cccc(F)c3)no2)C1. The average Bonchev–Trinajstić information content (AvgIpc) is 3.45. The molecule has 1 unspecified atom stereocenters. The maximum Gasteiger partial charge on any atom is 0.231 e. The lowest BCUT2D eigenvalue weighted by molar-refractivity contribution is -0.132. The lowest BCUT2D eigenvalue weighted by Gasteiger charge is -2.31. The highest BCUT2D eigenvalue weighted by Gasteiger charge is 2.32. The van der Waals surface area contributed by atoms with E-state index >= 15 is 0 Å². The quantitative estimate of drug-likeness (QED) is 0.691. The topological polar surface area (TPSA) is 93.4 Å². The Morgan fingerprint density at radius 2 is 2.00 bits per heavy atom. The highest BCUT2D eigenvalue weighted by Crippen LogP contribution is 2.29. The smallest absolute Gasteiger partial charge is 0.231 e. The normalized spacial score (nSPS) is 20.6. The van der Waals surface area contributed by atoms with Crippen LogP contribution in [0.1, 0.15) is 56.8 Å². The molecule has 0 radical (unpaired) electrons. The molecule has 162 valence electrons. The summed E-state index contributed by atoms with van der Waals surface area (Å²) in [7, 11) is -3.21. The number of likely N-dealkylation sites (tertiary alicyclic amines) is 1. The predicted molar refractivity (Wildman–Crippen MR) is 109 cm³/mol. The zero-order valence-corrected chi connectivity index (χ0v) is 17.6. The van der Waals surface area contributed by atoms with E-state index in [4.69, 9.17) is 4.52 Å². The molecule has 0 bridgehead atoms. The van der Waals surface area contributed by atoms with Crippen LogP contribution in [0.15, 0.2) is 28.8 Å². The van der Waals surface area contributed by atoms with Gasteiger partial charge in [0.2, 0.25) is 17.6 Å². The van der Waals surface area contributed by atoms with Gasteiger partial charge in [0, 0.05) is 25.1 Å². The number of halogens is 1. The van der Waals surface area contributed by atoms with Crippen LogP contribution in [0.2, 0.25) is 0 Å². The van der Waals surface area contributed by atoms with Crippen molar-refractivity contribution >= 4 is 15.7 Å². The van der Waals surface area contributed by atoms with Gasteiger partial charge in [0.1, 0.15) is 5.82 Å². The van der Waals surface area contributed by atoms with E-state index in [-0.39, 0.29) is 35.1 Å². The molecule has 2 heterocycles. The number of hydrogen-bond donors (Lipinski definition) is 0. The molecule has 1 amide bonds. The standard InChI is InChI=1S/C21H26FN3O4S/c22-17-7-3-5-15(13-17)20-23-21(29-24-20)16-6-4-11-25(14-16)19(26)10-12-30(27,28)18-8-1-2-9-18/h3,5,7,13,16,18H,1-2,4,6,8-12,14H2. The number of carbonyl (C=O) groups excluding carboxylic acids is 1. The Kier molecular flexibility index (Phi) is 6.17. The molecule has 2 aromatic rings. The van der Waals surface area contributed by atoms with Gasteiger partial charge in [-0.3, -0.25) is 4.79 Å². The van der Waals surface area contributed by atoms with Gasteiger partial charge in [0.05, 0.1) is 16.9 Å². The molecule has 1 aliphatic heterocycles. The van der Waals surface area contributed by atoms with Crippen molar-refractivity contribution < 1.29 is 22.1 Å². The van der Waals surface area contributed by atoms with Gasteiger partial charge >= 0.3 is 0 Å². The molecule has 2 fully saturated rings. The Bertz CT molecular complexity index is 1000. The minimum absolute atomic E-state index is 0.0178. The highest BCUT2D eigenvalue weighted by molar-refractivity contribution is 7.92. The van der Waals surface area contributed by atoms with Gasteiger partial charge in [-0.15, -0.1) is 0 Å². The van der Waals surface area contributed by atoms with Gasteiger partial charge < -0.3 is 9.42 Å². The van der Waals surface area contributed by atoms with E-state index < -0.39 is 9.84 Å². The van der Waals surface area contributed by atoms with Crippen molar-refractivity contribution in [3.05, 3.63) is 36.0 Å². The molecule has 0 spiro atoms. The van der Waals surface area contributed by atoms with Gasteiger partial charge in [-0.1, -0.05) is 30.1 Å². The summed E-state index contributed by atoms with van der Waals surface area (Å²) in [5.41, 5.74) is 0.533. The van der Waals surface area contributed by atoms with Crippen LogP contribution in [-0.4, -0.2) is 53.5 Å². The first-order valence-electron chi connectivity index (χ1n) is 10.5. The number of nitrogens with zero attached hydrogens (tertiary/aromatic N) is 3. The van der Waals surface area contributed by atoms with Gasteiger partial charge in [0.15, 0.2) is 9.84 Å². The summed E-state index contributed by atoms with van der Waals surface area (Å²) in [6.07, 6.45) is 4.93. The van der Waals surface area contributed by atoms with Crippen LogP contribution in [0.5, 0.6) is 0 Å². The van der Waals surface area contributed by atoms with Gasteiger partial charge in [-0.2, -0.15) is 4.98 Å². The summed E-state index contributed by atoms with van der Waals surface area (Å²) in [5, 5.41) is 3.67. The minimum Gasteiger partial charge on any atom is -0.342 e. The molecule has 30 heavy (non-hydrogen) atoms. The first-order chi connectivity index (χ1) is 14.4. The Balaban J connectivity index is 1.37. The Labute approximate surface area is 175 Å². The first kappa shape index (κ1) is 21.0. The van der Waals surface area contributed by atoms with Crippen LogP contribution in [0, 0.1) is 5.82 Å². The highest BCUT2D eigenvalue weighted by atomic mass is 32.2. The summed E-state index contributed by atoms with van der Waals surface area (Å²) in [6, 6.07) is 5.98. The van der Waals surface area contributed by atoms with Crippen LogP contribution in [0.4, 0.5) is 4.39 Å². The molecular formula is C21H26FN3O4S. The lowest BCUT2D eigenvalue weighted by atomic mass is 9.97. The van der Waals surface area contributed by atoms with Crippen LogP contribution in [0.3, 0.4) is 0 Å². The van der Waals surface area contributed by atoms with Crippen molar-refractivity contribution in [3.63, 3.8) is 0 Å². The first-order valence-corrected chi connectivity index (χ1v) is 12.2. The van der Waals surface area contributed by atoms with Crippen molar-refractivity contribution in [1.82, 2.24) is 15.0 Å². The summed E-state index contributed by atoms with van der Waals surface area (Å²) >= 11 is 0. The number of amides is 1. The Morgan fingerprint density at radius 1 is 1.20 bits per heavy atom. The number of carbonyl (C=O) groups is 1. The molecule has 0 N–H and O–H groups in total. The number of aromatic nitrogens is 2. The molecule has 1 aliphatic carbocycles. The van der Waals surface area contributed by atoms with Crippen molar-refractivity contribution in [2.24, 2.45) is 0 Å². The van der Waals surface area contributed by atoms with Gasteiger partial charge in [-0.25, -0.2) is 12.8 Å². The molecular weight excluding hydrogens is 409 g/mol. The van der Waals surface area contributed by atoms with Gasteiger partial charge in [-0.05, 0) is 37.8 Å². The van der Waals surface area contributed by atoms with Crippen LogP contribution in [0.25, 0.3) is 11.4 Å². The second kappa shape index (κ2) is 8.83. The summed E-state index contributed by atoms with van der Waals surface area (Å²) in [5.74, 6) is 0.0268. The monoisotopic (exact) mass is 435 g/mol. The van der Waals surface area contributed by atoms with Crippen LogP contribution >= 0.6 is 0 Å². The number of hydrogen-bond acceptors (Lipinski definition) is 6. The van der Waals surface area contributed by atoms with E-state index in [1.54, 1.807) is 17.0 Å². The zero-order chi connectivity index (χ0) is 21.1. The third-order valence-electron chi connectivity index (χ3n) is 6.06. The molecule has 1 aromatic heterocycles. The number of sulfone groups is 1. The molecule has 1 saturated heterocycles. The van der Waals surface area contributed by atoms with Crippen LogP contribution in [-0.2, 0) is 14.6 Å². The maximum atomic E-state index is 13.4. The molecule has 1 aromatic carbocycles. The predicted octanol–water partition coefficient (Wildman–Crippen LogP) is 3.33. The Morgan fingerprint density at radius 3 is 2.77 bits per heavy atom. The third-order valence-corrected chi connectivity index (χ3v) is 8.32. The van der Waals surface area contributed by atoms with E-state index in [1.165, 1.54) is 12.1 Å². The van der Waals surface area contributed by atoms with E-state index in [0.717, 1.165) is 25.7 Å². The molecule has 4 rings (SSSR count). The number of benzene rings is 1. The minimum atomic E-state index is -3.21. The van der Waals surface area contributed by atoms with E-state index in [9.17, 15) is 17.6 Å². The second-order valence-corrected chi connectivity index (χ2v) is 10.6. The van der Waals surface area contributed by atoms with Crippen molar-refractivity contribution in [3.8, 4) is 11.4 Å². The summed E-state index contributed by atoms with van der Waals surface area (Å²) in [6.45, 7) is 1.02. The third kappa shape index (κ3) is 4.71. The van der Waals surface area contributed by atoms with Crippen molar-refractivity contribution in [2.75, 3.05) is 18.8 Å². The van der Waals surface area contributed by atoms with Crippen molar-refractivity contribution in [2.45, 2.75) is 56.1 Å². The zero-order valence-electron chi connectivity index (χ0n) is 16.8. The second-order valence-electron chi connectivity index (χ2n) is 8.17. The fraction of sp³-hybridized carbons (Fsp3) is 0.571. The largest absolute Gasteiger partial charge is 0.342 e. The molecule has 2 aliphatic rings. The van der Waals surface area contributed by atoms with E-state index in [1.807, 2.05) is 0 Å². The summed E-state index contributed by atoms with van der Waals surface area (Å²) < 4.78 is 43.7. The number of rotatable bonds is 6.